The van der Waals surface area contributed by atoms with Gasteiger partial charge in [0.15, 0.2) is 6.17 Å². The molecule has 0 aliphatic carbocycles. The molecular formula is C20H27FN6O3. The first kappa shape index (κ1) is 20.4. The van der Waals surface area contributed by atoms with Crippen molar-refractivity contribution < 1.29 is 18.7 Å². The number of ether oxygens (including phenoxy) is 2. The van der Waals surface area contributed by atoms with E-state index in [1.54, 1.807) is 27.0 Å². The number of nitrogens with zero attached hydrogens (tertiary/aromatic N) is 6. The summed E-state index contributed by atoms with van der Waals surface area (Å²) in [5.41, 5.74) is 0.129. The molecule has 0 N–H and O–H groups in total. The van der Waals surface area contributed by atoms with Crippen molar-refractivity contribution in [3.63, 3.8) is 0 Å². The summed E-state index contributed by atoms with van der Waals surface area (Å²) < 4.78 is 28.0. The van der Waals surface area contributed by atoms with E-state index in [0.717, 1.165) is 30.3 Å². The maximum atomic E-state index is 14.8. The van der Waals surface area contributed by atoms with E-state index in [0.29, 0.717) is 18.8 Å². The zero-order chi connectivity index (χ0) is 21.5. The Balaban J connectivity index is 1.44. The van der Waals surface area contributed by atoms with Gasteiger partial charge in [0.2, 0.25) is 5.88 Å². The normalized spacial score (nSPS) is 21.5. The summed E-state index contributed by atoms with van der Waals surface area (Å²) in [6.07, 6.45) is 1.01. The zero-order valence-electron chi connectivity index (χ0n) is 17.7. The van der Waals surface area contributed by atoms with Crippen molar-refractivity contribution >= 4 is 17.7 Å². The van der Waals surface area contributed by atoms with Crippen molar-refractivity contribution in [3.8, 4) is 5.88 Å². The number of amides is 1. The minimum atomic E-state index is -1.34. The molecule has 1 amide bonds. The maximum absolute atomic E-state index is 14.8. The second-order valence-corrected chi connectivity index (χ2v) is 8.58. The molecule has 0 saturated carbocycles. The number of hydrogen-bond acceptors (Lipinski definition) is 7. The predicted octanol–water partition coefficient (Wildman–Crippen LogP) is 2.86. The highest BCUT2D eigenvalue weighted by Crippen LogP contribution is 2.33. The Morgan fingerprint density at radius 3 is 2.77 bits per heavy atom. The van der Waals surface area contributed by atoms with Crippen LogP contribution in [0.4, 0.5) is 20.8 Å². The lowest BCUT2D eigenvalue weighted by molar-refractivity contribution is -0.0116. The van der Waals surface area contributed by atoms with Gasteiger partial charge in [0.1, 0.15) is 29.7 Å². The van der Waals surface area contributed by atoms with Crippen molar-refractivity contribution in [2.24, 2.45) is 0 Å². The smallest absolute Gasteiger partial charge is 0.410 e. The maximum Gasteiger partial charge on any atom is 0.410 e. The van der Waals surface area contributed by atoms with Crippen LogP contribution >= 0.6 is 0 Å². The zero-order valence-corrected chi connectivity index (χ0v) is 17.7. The number of rotatable bonds is 3. The monoisotopic (exact) mass is 418 g/mol. The van der Waals surface area contributed by atoms with Gasteiger partial charge in [0.05, 0.1) is 24.8 Å². The number of hydrogen-bond donors (Lipinski definition) is 0. The molecule has 4 rings (SSSR count). The SMILES string of the molecule is Cc1c(O[C@@H]2CCN(C(=O)OC(C)(C)C)C[C@@H]2F)ncnc1N1CCn2nccc21. The molecule has 162 valence electrons. The summed E-state index contributed by atoms with van der Waals surface area (Å²) in [4.78, 5) is 24.3. The third kappa shape index (κ3) is 4.03. The van der Waals surface area contributed by atoms with Gasteiger partial charge in [0, 0.05) is 25.6 Å². The Morgan fingerprint density at radius 2 is 2.03 bits per heavy atom. The second kappa shape index (κ2) is 7.73. The topological polar surface area (TPSA) is 85.6 Å². The third-order valence-electron chi connectivity index (χ3n) is 5.17. The van der Waals surface area contributed by atoms with Gasteiger partial charge in [-0.05, 0) is 27.7 Å². The Kier molecular flexibility index (Phi) is 5.25. The molecule has 0 radical (unpaired) electrons. The van der Waals surface area contributed by atoms with Gasteiger partial charge in [-0.1, -0.05) is 0 Å². The first-order valence-corrected chi connectivity index (χ1v) is 10.1. The van der Waals surface area contributed by atoms with E-state index < -0.39 is 24.0 Å². The van der Waals surface area contributed by atoms with Crippen LogP contribution < -0.4 is 9.64 Å². The van der Waals surface area contributed by atoms with Crippen molar-refractivity contribution in [1.82, 2.24) is 24.6 Å². The van der Waals surface area contributed by atoms with E-state index in [-0.39, 0.29) is 6.54 Å². The number of likely N-dealkylation sites (tertiary alicyclic amines) is 1. The fraction of sp³-hybridized carbons (Fsp3) is 0.600. The molecule has 1 saturated heterocycles. The fourth-order valence-corrected chi connectivity index (χ4v) is 3.72. The number of piperidine rings is 1. The molecule has 2 aliphatic rings. The van der Waals surface area contributed by atoms with Crippen LogP contribution in [0.3, 0.4) is 0 Å². The van der Waals surface area contributed by atoms with Gasteiger partial charge in [-0.25, -0.2) is 23.8 Å². The Morgan fingerprint density at radius 1 is 1.23 bits per heavy atom. The molecule has 2 aromatic heterocycles. The summed E-state index contributed by atoms with van der Waals surface area (Å²) in [5.74, 6) is 2.04. The minimum absolute atomic E-state index is 0.0676. The number of carbonyl (C=O) groups is 1. The van der Waals surface area contributed by atoms with Crippen molar-refractivity contribution in [2.45, 2.75) is 58.5 Å². The highest BCUT2D eigenvalue weighted by molar-refractivity contribution is 5.68. The molecule has 0 bridgehead atoms. The number of anilines is 2. The van der Waals surface area contributed by atoms with Crippen LogP contribution in [0.5, 0.6) is 5.88 Å². The van der Waals surface area contributed by atoms with Crippen LogP contribution in [0.1, 0.15) is 32.8 Å². The van der Waals surface area contributed by atoms with E-state index in [1.807, 2.05) is 17.7 Å². The predicted molar refractivity (Wildman–Crippen MR) is 108 cm³/mol. The van der Waals surface area contributed by atoms with Crippen molar-refractivity contribution in [3.05, 3.63) is 24.2 Å². The molecule has 0 unspecified atom stereocenters. The third-order valence-corrected chi connectivity index (χ3v) is 5.17. The summed E-state index contributed by atoms with van der Waals surface area (Å²) in [6.45, 7) is 9.05. The van der Waals surface area contributed by atoms with Crippen LogP contribution in [0.25, 0.3) is 0 Å². The molecule has 2 aromatic rings. The second-order valence-electron chi connectivity index (χ2n) is 8.58. The van der Waals surface area contributed by atoms with Gasteiger partial charge >= 0.3 is 6.09 Å². The van der Waals surface area contributed by atoms with E-state index in [1.165, 1.54) is 11.2 Å². The van der Waals surface area contributed by atoms with Crippen LogP contribution in [0.2, 0.25) is 0 Å². The molecule has 2 atom stereocenters. The van der Waals surface area contributed by atoms with Crippen LogP contribution in [-0.2, 0) is 11.3 Å². The first-order valence-electron chi connectivity index (χ1n) is 10.1. The van der Waals surface area contributed by atoms with Gasteiger partial charge < -0.3 is 19.3 Å². The minimum Gasteiger partial charge on any atom is -0.471 e. The number of alkyl halides is 1. The molecule has 10 heteroatoms. The van der Waals surface area contributed by atoms with E-state index in [4.69, 9.17) is 9.47 Å². The molecule has 9 nitrogen and oxygen atoms in total. The highest BCUT2D eigenvalue weighted by atomic mass is 19.1. The molecule has 0 aromatic carbocycles. The largest absolute Gasteiger partial charge is 0.471 e. The summed E-state index contributed by atoms with van der Waals surface area (Å²) >= 11 is 0. The molecule has 4 heterocycles. The van der Waals surface area contributed by atoms with Crippen LogP contribution in [-0.4, -0.2) is 68.3 Å². The van der Waals surface area contributed by atoms with Crippen LogP contribution in [0.15, 0.2) is 18.6 Å². The summed E-state index contributed by atoms with van der Waals surface area (Å²) in [6, 6.07) is 1.93. The van der Waals surface area contributed by atoms with Gasteiger partial charge in [-0.15, -0.1) is 0 Å². The fourth-order valence-electron chi connectivity index (χ4n) is 3.72. The molecule has 1 fully saturated rings. The Labute approximate surface area is 174 Å². The lowest BCUT2D eigenvalue weighted by atomic mass is 10.1. The molecule has 2 aliphatic heterocycles. The summed E-state index contributed by atoms with van der Waals surface area (Å²) in [5, 5.41) is 4.28. The first-order chi connectivity index (χ1) is 14.2. The molecular weight excluding hydrogens is 391 g/mol. The van der Waals surface area contributed by atoms with E-state index in [9.17, 15) is 9.18 Å². The standard InChI is InChI=1S/C20H27FN6O3/c1-13-17(26-9-10-27-16(26)5-7-24-27)22-12-23-18(13)29-15-6-8-25(11-14(15)21)19(28)30-20(2,3)4/h5,7,12,14-15H,6,8-11H2,1-4H3/t14-,15+/m0/s1. The lowest BCUT2D eigenvalue weighted by Gasteiger charge is -2.35. The number of halogens is 1. The highest BCUT2D eigenvalue weighted by Gasteiger charge is 2.36. The molecule has 0 spiro atoms. The Bertz CT molecular complexity index is 928. The lowest BCUT2D eigenvalue weighted by Crippen LogP contribution is -2.50. The number of aromatic nitrogens is 4. The van der Waals surface area contributed by atoms with Gasteiger partial charge in [-0.2, -0.15) is 5.10 Å². The van der Waals surface area contributed by atoms with Crippen molar-refractivity contribution in [2.75, 3.05) is 24.5 Å². The quantitative estimate of drug-likeness (QED) is 0.758. The van der Waals surface area contributed by atoms with E-state index in [2.05, 4.69) is 20.0 Å². The number of fused-ring (bicyclic) bond motifs is 1. The Hall–Kier alpha value is -2.91. The van der Waals surface area contributed by atoms with Gasteiger partial charge in [-0.3, -0.25) is 0 Å². The number of carbonyl (C=O) groups excluding carboxylic acids is 1. The summed E-state index contributed by atoms with van der Waals surface area (Å²) in [7, 11) is 0. The average Bonchev–Trinajstić information content (AvgIpc) is 3.27. The van der Waals surface area contributed by atoms with Crippen molar-refractivity contribution in [1.29, 1.82) is 0 Å². The van der Waals surface area contributed by atoms with E-state index >= 15 is 0 Å². The average molecular weight is 418 g/mol. The van der Waals surface area contributed by atoms with Crippen LogP contribution in [0, 0.1) is 6.92 Å². The molecule has 30 heavy (non-hydrogen) atoms. The van der Waals surface area contributed by atoms with Gasteiger partial charge in [0.25, 0.3) is 0 Å².